The molecule has 2 aliphatic carbocycles. The molecule has 0 aliphatic heterocycles. The molecule has 2 unspecified atom stereocenters. The van der Waals surface area contributed by atoms with Crippen molar-refractivity contribution >= 4 is 0 Å². The molecule has 32 heavy (non-hydrogen) atoms. The Balaban J connectivity index is 1.75. The van der Waals surface area contributed by atoms with Crippen LogP contribution in [0.15, 0.2) is 97.1 Å². The van der Waals surface area contributed by atoms with Crippen LogP contribution in [-0.4, -0.2) is 10.2 Å². The van der Waals surface area contributed by atoms with Crippen molar-refractivity contribution < 1.29 is 10.2 Å². The summed E-state index contributed by atoms with van der Waals surface area (Å²) >= 11 is 0. The Bertz CT molecular complexity index is 1190. The molecule has 0 fully saturated rings. The zero-order valence-corrected chi connectivity index (χ0v) is 18.0. The Morgan fingerprint density at radius 2 is 0.844 bits per heavy atom. The number of aryl methyl sites for hydroxylation is 2. The lowest BCUT2D eigenvalue weighted by molar-refractivity contribution is 0.0745. The van der Waals surface area contributed by atoms with E-state index >= 15 is 0 Å². The first-order valence-corrected chi connectivity index (χ1v) is 11.5. The Hall–Kier alpha value is -3.20. The van der Waals surface area contributed by atoms with Crippen LogP contribution < -0.4 is 0 Å². The van der Waals surface area contributed by atoms with Crippen LogP contribution >= 0.6 is 0 Å². The number of aliphatic hydroxyl groups is 2. The summed E-state index contributed by atoms with van der Waals surface area (Å²) in [5, 5.41) is 25.0. The smallest absolute Gasteiger partial charge is 0.141 e. The van der Waals surface area contributed by atoms with Gasteiger partial charge in [-0.2, -0.15) is 0 Å². The molecular formula is C30H26O2. The summed E-state index contributed by atoms with van der Waals surface area (Å²) in [6.45, 7) is 0. The van der Waals surface area contributed by atoms with Crippen LogP contribution in [0.5, 0.6) is 0 Å². The molecule has 4 aromatic carbocycles. The molecule has 0 bridgehead atoms. The quantitative estimate of drug-likeness (QED) is 0.455. The van der Waals surface area contributed by atoms with E-state index in [9.17, 15) is 10.2 Å². The van der Waals surface area contributed by atoms with Gasteiger partial charge in [-0.3, -0.25) is 0 Å². The van der Waals surface area contributed by atoms with Gasteiger partial charge in [-0.1, -0.05) is 97.1 Å². The molecule has 2 N–H and O–H groups in total. The Kier molecular flexibility index (Phi) is 4.36. The van der Waals surface area contributed by atoms with Crippen LogP contribution in [0.3, 0.4) is 0 Å². The number of hydrogen-bond donors (Lipinski definition) is 2. The van der Waals surface area contributed by atoms with Crippen molar-refractivity contribution in [3.8, 4) is 0 Å². The molecule has 0 heterocycles. The molecule has 2 aliphatic rings. The van der Waals surface area contributed by atoms with Crippen LogP contribution in [0.4, 0.5) is 0 Å². The maximum absolute atomic E-state index is 12.5. The minimum absolute atomic E-state index is 0.737. The molecule has 6 rings (SSSR count). The second-order valence-electron chi connectivity index (χ2n) is 9.07. The molecule has 4 aromatic rings. The molecule has 2 heteroatoms. The molecule has 0 radical (unpaired) electrons. The zero-order valence-electron chi connectivity index (χ0n) is 18.0. The highest BCUT2D eigenvalue weighted by Gasteiger charge is 2.51. The lowest BCUT2D eigenvalue weighted by Crippen LogP contribution is -2.44. The average Bonchev–Trinajstić information content (AvgIpc) is 2.87. The van der Waals surface area contributed by atoms with Crippen molar-refractivity contribution in [3.05, 3.63) is 142 Å². The molecule has 0 saturated carbocycles. The summed E-state index contributed by atoms with van der Waals surface area (Å²) in [5.41, 5.74) is 4.60. The van der Waals surface area contributed by atoms with E-state index in [1.54, 1.807) is 0 Å². The summed E-state index contributed by atoms with van der Waals surface area (Å²) in [7, 11) is 0. The maximum atomic E-state index is 12.5. The van der Waals surface area contributed by atoms with Gasteiger partial charge in [0.15, 0.2) is 0 Å². The topological polar surface area (TPSA) is 40.5 Å². The van der Waals surface area contributed by atoms with E-state index in [1.165, 1.54) is 11.1 Å². The molecule has 0 amide bonds. The predicted octanol–water partition coefficient (Wildman–Crippen LogP) is 5.45. The third-order valence-electron chi connectivity index (χ3n) is 7.35. The Morgan fingerprint density at radius 1 is 0.469 bits per heavy atom. The second kappa shape index (κ2) is 7.16. The molecule has 0 spiro atoms. The number of hydrogen-bond acceptors (Lipinski definition) is 2. The van der Waals surface area contributed by atoms with Crippen molar-refractivity contribution in [3.63, 3.8) is 0 Å². The van der Waals surface area contributed by atoms with Crippen molar-refractivity contribution in [1.82, 2.24) is 0 Å². The Morgan fingerprint density at radius 3 is 1.25 bits per heavy atom. The van der Waals surface area contributed by atoms with Gasteiger partial charge in [0.2, 0.25) is 0 Å². The first kappa shape index (κ1) is 19.5. The number of benzene rings is 4. The van der Waals surface area contributed by atoms with Gasteiger partial charge in [0.05, 0.1) is 0 Å². The molecule has 2 atom stereocenters. The van der Waals surface area contributed by atoms with Gasteiger partial charge in [0.25, 0.3) is 0 Å². The normalized spacial score (nSPS) is 23.7. The third kappa shape index (κ3) is 2.60. The lowest BCUT2D eigenvalue weighted by Gasteiger charge is -2.46. The summed E-state index contributed by atoms with van der Waals surface area (Å²) in [6.07, 6.45) is 4.35. The van der Waals surface area contributed by atoms with Crippen molar-refractivity contribution in [1.29, 1.82) is 0 Å². The summed E-state index contributed by atoms with van der Waals surface area (Å²) in [5.74, 6) is 0. The van der Waals surface area contributed by atoms with E-state index in [0.29, 0.717) is 0 Å². The molecule has 2 nitrogen and oxygen atoms in total. The fraction of sp³-hybridized carbons (Fsp3) is 0.200. The number of fused-ring (bicyclic) bond motifs is 3. The van der Waals surface area contributed by atoms with Gasteiger partial charge >= 0.3 is 0 Å². The van der Waals surface area contributed by atoms with Gasteiger partial charge in [-0.15, -0.1) is 0 Å². The third-order valence-corrected chi connectivity index (χ3v) is 7.35. The molecular weight excluding hydrogens is 392 g/mol. The molecule has 0 saturated heterocycles. The standard InChI is InChI=1S/C30H26O2/c31-29(23-13-3-1-4-14-23)25-17-9-10-18-26(25)30(32,24-15-5-2-6-16-24)28-20-22-12-8-7-11-21(22)19-27(28)29/h1-6,9-10,13-20,31-32H,7-8,11-12H2. The summed E-state index contributed by atoms with van der Waals surface area (Å²) < 4.78 is 0. The highest BCUT2D eigenvalue weighted by Crippen LogP contribution is 2.53. The fourth-order valence-corrected chi connectivity index (χ4v) is 5.77. The highest BCUT2D eigenvalue weighted by molar-refractivity contribution is 5.66. The monoisotopic (exact) mass is 418 g/mol. The summed E-state index contributed by atoms with van der Waals surface area (Å²) in [6, 6.07) is 31.8. The van der Waals surface area contributed by atoms with Crippen LogP contribution in [0.1, 0.15) is 57.3 Å². The van der Waals surface area contributed by atoms with E-state index in [1.807, 2.05) is 84.9 Å². The fourth-order valence-electron chi connectivity index (χ4n) is 5.77. The van der Waals surface area contributed by atoms with Crippen LogP contribution in [0, 0.1) is 0 Å². The molecule has 0 aromatic heterocycles. The highest BCUT2D eigenvalue weighted by atomic mass is 16.3. The van der Waals surface area contributed by atoms with Crippen molar-refractivity contribution in [2.75, 3.05) is 0 Å². The van der Waals surface area contributed by atoms with Gasteiger partial charge in [0.1, 0.15) is 11.2 Å². The SMILES string of the molecule is OC1(c2ccccc2)c2ccccc2C(O)(c2ccccc2)c2cc3c(cc21)CCCC3. The van der Waals surface area contributed by atoms with E-state index in [0.717, 1.165) is 59.1 Å². The lowest BCUT2D eigenvalue weighted by atomic mass is 9.62. The van der Waals surface area contributed by atoms with Crippen LogP contribution in [0.2, 0.25) is 0 Å². The van der Waals surface area contributed by atoms with Gasteiger partial charge in [-0.05, 0) is 70.2 Å². The van der Waals surface area contributed by atoms with E-state index in [-0.39, 0.29) is 0 Å². The van der Waals surface area contributed by atoms with Crippen molar-refractivity contribution in [2.45, 2.75) is 36.9 Å². The summed E-state index contributed by atoms with van der Waals surface area (Å²) in [4.78, 5) is 0. The van der Waals surface area contributed by atoms with Crippen LogP contribution in [0.25, 0.3) is 0 Å². The number of rotatable bonds is 2. The zero-order chi connectivity index (χ0) is 21.8. The van der Waals surface area contributed by atoms with Gasteiger partial charge in [-0.25, -0.2) is 0 Å². The predicted molar refractivity (Wildman–Crippen MR) is 127 cm³/mol. The average molecular weight is 419 g/mol. The minimum Gasteiger partial charge on any atom is -0.376 e. The van der Waals surface area contributed by atoms with E-state index < -0.39 is 11.2 Å². The van der Waals surface area contributed by atoms with E-state index in [2.05, 4.69) is 12.1 Å². The first-order chi connectivity index (χ1) is 15.6. The van der Waals surface area contributed by atoms with Crippen molar-refractivity contribution in [2.24, 2.45) is 0 Å². The van der Waals surface area contributed by atoms with Crippen LogP contribution in [-0.2, 0) is 24.0 Å². The van der Waals surface area contributed by atoms with E-state index in [4.69, 9.17) is 0 Å². The second-order valence-corrected chi connectivity index (χ2v) is 9.07. The Labute approximate surface area is 188 Å². The molecule has 158 valence electrons. The first-order valence-electron chi connectivity index (χ1n) is 11.5. The maximum Gasteiger partial charge on any atom is 0.141 e. The van der Waals surface area contributed by atoms with Gasteiger partial charge < -0.3 is 10.2 Å². The largest absolute Gasteiger partial charge is 0.376 e. The van der Waals surface area contributed by atoms with Gasteiger partial charge in [0, 0.05) is 0 Å². The minimum atomic E-state index is -1.33.